The van der Waals surface area contributed by atoms with Crippen molar-refractivity contribution in [2.75, 3.05) is 13.2 Å². The van der Waals surface area contributed by atoms with Crippen molar-refractivity contribution in [2.45, 2.75) is 13.8 Å². The number of carbonyl (C=O) groups is 2. The van der Waals surface area contributed by atoms with E-state index in [-0.39, 0.29) is 18.8 Å². The largest absolute Gasteiger partial charge is 0.462 e. The molecule has 1 rings (SSSR count). The van der Waals surface area contributed by atoms with Gasteiger partial charge in [-0.05, 0) is 35.3 Å². The number of hydrogen-bond donors (Lipinski definition) is 0. The van der Waals surface area contributed by atoms with Gasteiger partial charge >= 0.3 is 11.9 Å². The van der Waals surface area contributed by atoms with Crippen LogP contribution >= 0.6 is 15.9 Å². The summed E-state index contributed by atoms with van der Waals surface area (Å²) in [6.45, 7) is 3.74. The van der Waals surface area contributed by atoms with E-state index < -0.39 is 11.9 Å². The highest BCUT2D eigenvalue weighted by molar-refractivity contribution is 9.15. The summed E-state index contributed by atoms with van der Waals surface area (Å²) in [6, 6.07) is 9.03. The molecule has 0 spiro atoms. The van der Waals surface area contributed by atoms with E-state index in [1.54, 1.807) is 26.0 Å². The van der Waals surface area contributed by atoms with Gasteiger partial charge in [0.15, 0.2) is 5.57 Å². The summed E-state index contributed by atoms with van der Waals surface area (Å²) in [7, 11) is 0. The van der Waals surface area contributed by atoms with Crippen molar-refractivity contribution in [3.63, 3.8) is 0 Å². The third-order valence-electron chi connectivity index (χ3n) is 2.21. The molecule has 0 aliphatic heterocycles. The van der Waals surface area contributed by atoms with E-state index in [4.69, 9.17) is 9.47 Å². The predicted molar refractivity (Wildman–Crippen MR) is 75.6 cm³/mol. The summed E-state index contributed by atoms with van der Waals surface area (Å²) < 4.78 is 10.1. The average Bonchev–Trinajstić information content (AvgIpc) is 2.40. The normalized spacial score (nSPS) is 9.63. The lowest BCUT2D eigenvalue weighted by molar-refractivity contribution is -0.146. The average molecular weight is 327 g/mol. The van der Waals surface area contributed by atoms with E-state index >= 15 is 0 Å². The van der Waals surface area contributed by atoms with E-state index in [1.807, 2.05) is 18.2 Å². The summed E-state index contributed by atoms with van der Waals surface area (Å²) in [5.41, 5.74) is 0.577. The molecule has 5 heteroatoms. The van der Waals surface area contributed by atoms with Gasteiger partial charge in [0.2, 0.25) is 0 Å². The molecule has 0 aliphatic carbocycles. The van der Waals surface area contributed by atoms with E-state index in [0.717, 1.165) is 0 Å². The molecular weight excluding hydrogens is 312 g/mol. The molecule has 0 fully saturated rings. The highest BCUT2D eigenvalue weighted by Crippen LogP contribution is 2.26. The maximum absolute atomic E-state index is 11.9. The molecule has 0 aromatic heterocycles. The Morgan fingerprint density at radius 1 is 1.00 bits per heavy atom. The number of halogens is 1. The molecule has 0 bridgehead atoms. The Hall–Kier alpha value is -1.62. The number of benzene rings is 1. The zero-order valence-corrected chi connectivity index (χ0v) is 12.4. The van der Waals surface area contributed by atoms with Gasteiger partial charge in [-0.2, -0.15) is 0 Å². The van der Waals surface area contributed by atoms with E-state index in [2.05, 4.69) is 15.9 Å². The minimum Gasteiger partial charge on any atom is -0.462 e. The maximum atomic E-state index is 11.9. The van der Waals surface area contributed by atoms with Crippen LogP contribution in [0.5, 0.6) is 0 Å². The molecule has 19 heavy (non-hydrogen) atoms. The Bertz CT molecular complexity index is 459. The van der Waals surface area contributed by atoms with Crippen LogP contribution in [0, 0.1) is 0 Å². The lowest BCUT2D eigenvalue weighted by atomic mass is 10.1. The van der Waals surface area contributed by atoms with Crippen molar-refractivity contribution in [2.24, 2.45) is 0 Å². The second-order valence-corrected chi connectivity index (χ2v) is 4.29. The second-order valence-electron chi connectivity index (χ2n) is 3.50. The first kappa shape index (κ1) is 15.4. The van der Waals surface area contributed by atoms with Crippen LogP contribution in [0.15, 0.2) is 35.9 Å². The van der Waals surface area contributed by atoms with Crippen LogP contribution in [-0.2, 0) is 19.1 Å². The lowest BCUT2D eigenvalue weighted by Gasteiger charge is -2.09. The number of rotatable bonds is 5. The third-order valence-corrected chi connectivity index (χ3v) is 3.06. The highest BCUT2D eigenvalue weighted by atomic mass is 79.9. The Balaban J connectivity index is 3.21. The van der Waals surface area contributed by atoms with Crippen LogP contribution in [-0.4, -0.2) is 25.2 Å². The predicted octanol–water partition coefficient (Wildman–Crippen LogP) is 2.92. The number of esters is 2. The molecule has 0 heterocycles. The molecule has 0 radical (unpaired) electrons. The van der Waals surface area contributed by atoms with Crippen LogP contribution in [0.4, 0.5) is 0 Å². The Labute approximate surface area is 120 Å². The third kappa shape index (κ3) is 4.21. The van der Waals surface area contributed by atoms with Crippen LogP contribution in [0.25, 0.3) is 4.48 Å². The molecule has 1 aromatic rings. The fourth-order valence-corrected chi connectivity index (χ4v) is 1.99. The first-order valence-electron chi connectivity index (χ1n) is 5.91. The number of hydrogen-bond acceptors (Lipinski definition) is 4. The summed E-state index contributed by atoms with van der Waals surface area (Å²) >= 11 is 3.27. The van der Waals surface area contributed by atoms with E-state index in [1.165, 1.54) is 0 Å². The lowest BCUT2D eigenvalue weighted by Crippen LogP contribution is -2.19. The molecule has 4 nitrogen and oxygen atoms in total. The van der Waals surface area contributed by atoms with Crippen molar-refractivity contribution in [3.05, 3.63) is 41.5 Å². The van der Waals surface area contributed by atoms with Crippen molar-refractivity contribution >= 4 is 32.4 Å². The van der Waals surface area contributed by atoms with Gasteiger partial charge in [0.1, 0.15) is 0 Å². The summed E-state index contributed by atoms with van der Waals surface area (Å²) in [5, 5.41) is 0. The molecule has 0 amide bonds. The van der Waals surface area contributed by atoms with Crippen LogP contribution in [0.1, 0.15) is 19.4 Å². The van der Waals surface area contributed by atoms with Gasteiger partial charge in [-0.3, -0.25) is 0 Å². The smallest absolute Gasteiger partial charge is 0.346 e. The SMILES string of the molecule is CCOC(=O)C(C(=O)OCC)=C(Br)c1ccccc1. The molecule has 1 aromatic carbocycles. The molecule has 102 valence electrons. The Morgan fingerprint density at radius 3 is 1.89 bits per heavy atom. The van der Waals surface area contributed by atoms with Crippen molar-refractivity contribution in [3.8, 4) is 0 Å². The second kappa shape index (κ2) is 7.74. The quantitative estimate of drug-likeness (QED) is 0.361. The number of carbonyl (C=O) groups excluding carboxylic acids is 2. The monoisotopic (exact) mass is 326 g/mol. The minimum absolute atomic E-state index is 0.130. The summed E-state index contributed by atoms with van der Waals surface area (Å²) in [6.07, 6.45) is 0. The van der Waals surface area contributed by atoms with Gasteiger partial charge in [-0.15, -0.1) is 0 Å². The van der Waals surface area contributed by atoms with Gasteiger partial charge in [0.25, 0.3) is 0 Å². The van der Waals surface area contributed by atoms with Gasteiger partial charge < -0.3 is 9.47 Å². The molecular formula is C14H15BrO4. The van der Waals surface area contributed by atoms with Crippen molar-refractivity contribution < 1.29 is 19.1 Å². The van der Waals surface area contributed by atoms with Crippen molar-refractivity contribution in [1.82, 2.24) is 0 Å². The van der Waals surface area contributed by atoms with Gasteiger partial charge in [-0.25, -0.2) is 9.59 Å². The van der Waals surface area contributed by atoms with Gasteiger partial charge in [0.05, 0.1) is 13.2 Å². The molecule has 0 aliphatic rings. The molecule has 0 unspecified atom stereocenters. The standard InChI is InChI=1S/C14H15BrO4/c1-3-18-13(16)11(14(17)19-4-2)12(15)10-8-6-5-7-9-10/h5-9H,3-4H2,1-2H3. The maximum Gasteiger partial charge on any atom is 0.346 e. The Kier molecular flexibility index (Phi) is 6.29. The van der Waals surface area contributed by atoms with Gasteiger partial charge in [0, 0.05) is 4.48 Å². The van der Waals surface area contributed by atoms with E-state index in [0.29, 0.717) is 10.0 Å². The van der Waals surface area contributed by atoms with Crippen LogP contribution in [0.2, 0.25) is 0 Å². The van der Waals surface area contributed by atoms with E-state index in [9.17, 15) is 9.59 Å². The minimum atomic E-state index is -0.698. The summed E-state index contributed by atoms with van der Waals surface area (Å²) in [4.78, 5) is 23.7. The molecule has 0 saturated carbocycles. The fraction of sp³-hybridized carbons (Fsp3) is 0.286. The first-order chi connectivity index (χ1) is 9.11. The molecule has 0 saturated heterocycles. The zero-order chi connectivity index (χ0) is 14.3. The topological polar surface area (TPSA) is 52.6 Å². The van der Waals surface area contributed by atoms with Gasteiger partial charge in [-0.1, -0.05) is 30.3 Å². The zero-order valence-electron chi connectivity index (χ0n) is 10.8. The Morgan fingerprint density at radius 2 is 1.47 bits per heavy atom. The van der Waals surface area contributed by atoms with Crippen molar-refractivity contribution in [1.29, 1.82) is 0 Å². The fourth-order valence-electron chi connectivity index (χ4n) is 1.40. The first-order valence-corrected chi connectivity index (χ1v) is 6.70. The highest BCUT2D eigenvalue weighted by Gasteiger charge is 2.25. The van der Waals surface area contributed by atoms with Crippen LogP contribution in [0.3, 0.4) is 0 Å². The molecule has 0 N–H and O–H groups in total. The summed E-state index contributed by atoms with van der Waals surface area (Å²) in [5.74, 6) is -1.40. The molecule has 0 atom stereocenters. The van der Waals surface area contributed by atoms with Crippen LogP contribution < -0.4 is 0 Å². The number of ether oxygens (including phenoxy) is 2.